The highest BCUT2D eigenvalue weighted by atomic mass is 32.1. The number of aromatic nitrogens is 3. The number of benzene rings is 1. The van der Waals surface area contributed by atoms with Gasteiger partial charge in [-0.25, -0.2) is 9.78 Å². The van der Waals surface area contributed by atoms with Crippen LogP contribution in [0.1, 0.15) is 55.6 Å². The molecular formula is C24H27N5O3S2. The van der Waals surface area contributed by atoms with Crippen molar-refractivity contribution in [3.8, 4) is 11.3 Å². The summed E-state index contributed by atoms with van der Waals surface area (Å²) in [5, 5.41) is 13.3. The zero-order chi connectivity index (χ0) is 24.4. The van der Waals surface area contributed by atoms with E-state index < -0.39 is 17.2 Å². The minimum absolute atomic E-state index is 0.0547. The van der Waals surface area contributed by atoms with Crippen molar-refractivity contribution in [2.24, 2.45) is 14.1 Å². The van der Waals surface area contributed by atoms with Crippen LogP contribution in [-0.2, 0) is 18.9 Å². The minimum atomic E-state index is -0.654. The molecule has 0 saturated heterocycles. The van der Waals surface area contributed by atoms with E-state index >= 15 is 0 Å². The Morgan fingerprint density at radius 1 is 1.15 bits per heavy atom. The Kier molecular flexibility index (Phi) is 7.18. The fourth-order valence-corrected chi connectivity index (χ4v) is 5.39. The monoisotopic (exact) mass is 497 g/mol. The summed E-state index contributed by atoms with van der Waals surface area (Å²) < 4.78 is 2.06. The van der Waals surface area contributed by atoms with Crippen molar-refractivity contribution < 1.29 is 4.79 Å². The quantitative estimate of drug-likeness (QED) is 0.272. The van der Waals surface area contributed by atoms with Crippen molar-refractivity contribution in [1.82, 2.24) is 14.1 Å². The molecule has 4 rings (SSSR count). The van der Waals surface area contributed by atoms with E-state index in [1.165, 1.54) is 67.7 Å². The average Bonchev–Trinajstić information content (AvgIpc) is 3.30. The fourth-order valence-electron chi connectivity index (χ4n) is 4.34. The number of hydrogen-bond acceptors (Lipinski definition) is 7. The van der Waals surface area contributed by atoms with Crippen LogP contribution in [0.15, 0.2) is 44.3 Å². The summed E-state index contributed by atoms with van der Waals surface area (Å²) in [6.07, 6.45) is 6.09. The standard InChI is InChI=1S/C24H27N5O3S2/c1-28-21(31)20(22(33)29(2)24(28)32)17(25)12-19(30)27-23-26-18(13-34-23)16-10-8-15(9-11-16)14-6-4-3-5-7-14/h8-11,13-14,25,33H,3-7,12H2,1-2H3,(H,26,27,30). The third kappa shape index (κ3) is 4.92. The Balaban J connectivity index is 1.43. The van der Waals surface area contributed by atoms with E-state index in [1.54, 1.807) is 0 Å². The zero-order valence-corrected chi connectivity index (χ0v) is 20.8. The Hall–Kier alpha value is -2.98. The van der Waals surface area contributed by atoms with Gasteiger partial charge in [-0.2, -0.15) is 0 Å². The van der Waals surface area contributed by atoms with Crippen molar-refractivity contribution in [1.29, 1.82) is 5.41 Å². The number of anilines is 1. The van der Waals surface area contributed by atoms with E-state index in [4.69, 9.17) is 5.41 Å². The maximum Gasteiger partial charge on any atom is 0.331 e. The molecule has 1 saturated carbocycles. The number of thiol groups is 1. The lowest BCUT2D eigenvalue weighted by molar-refractivity contribution is -0.115. The van der Waals surface area contributed by atoms with Crippen molar-refractivity contribution in [2.75, 3.05) is 5.32 Å². The van der Waals surface area contributed by atoms with Crippen LogP contribution in [0.2, 0.25) is 0 Å². The molecule has 2 aromatic heterocycles. The number of carbonyl (C=O) groups excluding carboxylic acids is 1. The molecule has 10 heteroatoms. The predicted molar refractivity (Wildman–Crippen MR) is 138 cm³/mol. The number of amides is 1. The molecule has 0 unspecified atom stereocenters. The number of carbonyl (C=O) groups is 1. The number of hydrogen-bond donors (Lipinski definition) is 3. The van der Waals surface area contributed by atoms with E-state index in [9.17, 15) is 14.4 Å². The molecule has 2 N–H and O–H groups in total. The maximum absolute atomic E-state index is 12.5. The van der Waals surface area contributed by atoms with E-state index in [-0.39, 0.29) is 22.7 Å². The molecule has 1 fully saturated rings. The lowest BCUT2D eigenvalue weighted by Gasteiger charge is -2.22. The van der Waals surface area contributed by atoms with Gasteiger partial charge in [0.2, 0.25) is 5.91 Å². The van der Waals surface area contributed by atoms with Crippen LogP contribution in [0.3, 0.4) is 0 Å². The Bertz CT molecular complexity index is 1350. The Morgan fingerprint density at radius 2 is 1.82 bits per heavy atom. The van der Waals surface area contributed by atoms with Gasteiger partial charge in [-0.15, -0.1) is 24.0 Å². The maximum atomic E-state index is 12.5. The van der Waals surface area contributed by atoms with Crippen LogP contribution >= 0.6 is 24.0 Å². The Labute approximate surface area is 206 Å². The van der Waals surface area contributed by atoms with Gasteiger partial charge in [-0.1, -0.05) is 43.5 Å². The van der Waals surface area contributed by atoms with Crippen molar-refractivity contribution in [3.63, 3.8) is 0 Å². The first-order valence-corrected chi connectivity index (χ1v) is 12.5. The van der Waals surface area contributed by atoms with Crippen LogP contribution in [-0.4, -0.2) is 25.7 Å². The van der Waals surface area contributed by atoms with Crippen molar-refractivity contribution in [3.05, 3.63) is 61.6 Å². The van der Waals surface area contributed by atoms with Gasteiger partial charge in [-0.05, 0) is 24.3 Å². The highest BCUT2D eigenvalue weighted by Gasteiger charge is 2.20. The summed E-state index contributed by atoms with van der Waals surface area (Å²) >= 11 is 5.51. The highest BCUT2D eigenvalue weighted by Crippen LogP contribution is 2.34. The third-order valence-electron chi connectivity index (χ3n) is 6.31. The molecular weight excluding hydrogens is 470 g/mol. The lowest BCUT2D eigenvalue weighted by atomic mass is 9.84. The van der Waals surface area contributed by atoms with Gasteiger partial charge in [0.05, 0.1) is 28.4 Å². The van der Waals surface area contributed by atoms with E-state index in [2.05, 4.69) is 47.2 Å². The molecule has 0 bridgehead atoms. The molecule has 1 aromatic carbocycles. The largest absolute Gasteiger partial charge is 0.331 e. The smallest absolute Gasteiger partial charge is 0.304 e. The van der Waals surface area contributed by atoms with E-state index in [0.717, 1.165) is 15.8 Å². The molecule has 0 radical (unpaired) electrons. The third-order valence-corrected chi connectivity index (χ3v) is 7.59. The number of thiazole rings is 1. The molecule has 3 aromatic rings. The first-order chi connectivity index (χ1) is 16.3. The molecule has 0 atom stereocenters. The number of nitrogens with zero attached hydrogens (tertiary/aromatic N) is 3. The predicted octanol–water partition coefficient (Wildman–Crippen LogP) is 3.94. The van der Waals surface area contributed by atoms with Crippen molar-refractivity contribution >= 4 is 40.7 Å². The summed E-state index contributed by atoms with van der Waals surface area (Å²) in [6.45, 7) is 0. The van der Waals surface area contributed by atoms with Crippen LogP contribution in [0.4, 0.5) is 5.13 Å². The molecule has 0 spiro atoms. The molecule has 34 heavy (non-hydrogen) atoms. The van der Waals surface area contributed by atoms with Gasteiger partial charge in [0.1, 0.15) is 0 Å². The second-order valence-electron chi connectivity index (χ2n) is 8.60. The SMILES string of the molecule is Cn1c(S)c(C(=N)CC(=O)Nc2nc(-c3ccc(C4CCCCC4)cc3)cs2)c(=O)n(C)c1=O. The van der Waals surface area contributed by atoms with E-state index in [1.807, 2.05) is 5.38 Å². The lowest BCUT2D eigenvalue weighted by Crippen LogP contribution is -2.41. The average molecular weight is 498 g/mol. The summed E-state index contributed by atoms with van der Waals surface area (Å²) in [5.41, 5.74) is 1.65. The van der Waals surface area contributed by atoms with E-state index in [0.29, 0.717) is 11.0 Å². The minimum Gasteiger partial charge on any atom is -0.304 e. The molecule has 1 aliphatic rings. The second-order valence-corrected chi connectivity index (χ2v) is 9.88. The van der Waals surface area contributed by atoms with Crippen LogP contribution in [0.5, 0.6) is 0 Å². The van der Waals surface area contributed by atoms with Gasteiger partial charge in [0.15, 0.2) is 5.13 Å². The van der Waals surface area contributed by atoms with Gasteiger partial charge < -0.3 is 10.7 Å². The second kappa shape index (κ2) is 10.1. The van der Waals surface area contributed by atoms with Crippen molar-refractivity contribution in [2.45, 2.75) is 49.5 Å². The molecule has 2 heterocycles. The van der Waals surface area contributed by atoms with Crippen LogP contribution < -0.4 is 16.6 Å². The van der Waals surface area contributed by atoms with Gasteiger partial charge in [-0.3, -0.25) is 18.7 Å². The first kappa shape index (κ1) is 24.2. The number of rotatable bonds is 6. The van der Waals surface area contributed by atoms with Crippen LogP contribution in [0, 0.1) is 5.41 Å². The van der Waals surface area contributed by atoms with Crippen LogP contribution in [0.25, 0.3) is 11.3 Å². The van der Waals surface area contributed by atoms with Gasteiger partial charge in [0.25, 0.3) is 5.56 Å². The molecule has 8 nitrogen and oxygen atoms in total. The number of nitrogens with one attached hydrogen (secondary N) is 2. The molecule has 0 aliphatic heterocycles. The molecule has 1 amide bonds. The zero-order valence-electron chi connectivity index (χ0n) is 19.1. The Morgan fingerprint density at radius 3 is 2.50 bits per heavy atom. The normalized spacial score (nSPS) is 14.2. The summed E-state index contributed by atoms with van der Waals surface area (Å²) in [5.74, 6) is 0.173. The highest BCUT2D eigenvalue weighted by molar-refractivity contribution is 7.80. The van der Waals surface area contributed by atoms with Gasteiger partial charge >= 0.3 is 5.69 Å². The molecule has 1 aliphatic carbocycles. The summed E-state index contributed by atoms with van der Waals surface area (Å²) in [7, 11) is 2.78. The summed E-state index contributed by atoms with van der Waals surface area (Å²) in [4.78, 5) is 41.5. The molecule has 178 valence electrons. The summed E-state index contributed by atoms with van der Waals surface area (Å²) in [6, 6.07) is 8.49. The topological polar surface area (TPSA) is 110 Å². The fraction of sp³-hybridized carbons (Fsp3) is 0.375. The van der Waals surface area contributed by atoms with Gasteiger partial charge in [0, 0.05) is 25.0 Å². The first-order valence-electron chi connectivity index (χ1n) is 11.2.